The number of thiazole rings is 1. The molecule has 258 valence electrons. The summed E-state index contributed by atoms with van der Waals surface area (Å²) in [6.07, 6.45) is 1.29. The van der Waals surface area contributed by atoms with Gasteiger partial charge in [-0.15, -0.1) is 11.3 Å². The number of hydrogen-bond acceptors (Lipinski definition) is 12. The Labute approximate surface area is 290 Å². The van der Waals surface area contributed by atoms with Gasteiger partial charge in [0.1, 0.15) is 29.3 Å². The van der Waals surface area contributed by atoms with Crippen molar-refractivity contribution in [3.63, 3.8) is 0 Å². The van der Waals surface area contributed by atoms with Crippen molar-refractivity contribution in [3.8, 4) is 17.3 Å². The van der Waals surface area contributed by atoms with E-state index in [1.54, 1.807) is 54.8 Å². The molecule has 0 saturated carbocycles. The number of ether oxygens (including phenoxy) is 3. The molecule has 5 aromatic rings. The summed E-state index contributed by atoms with van der Waals surface area (Å²) in [5, 5.41) is 24.6. The standard InChI is InChI=1S/C35H32F2N6O6S/c1-23(32-41-31(18-50-32)26-8-6-24(16-38)7-9-26)35(19-43-21-39-20-40-43,29-11-10-28(36)15-30(29)37)49-34(46)48-22-47-33(45)27-5-3-4-25(14-27)17-42(2)12-13-44/h3-11,14-15,18,20-21,23,44H,12-13,17,19,22H2,1-2H3/t23-,35+/m0/s1. The average Bonchev–Trinajstić information content (AvgIpc) is 3.81. The Balaban J connectivity index is 1.40. The first-order chi connectivity index (χ1) is 24.1. The first-order valence-electron chi connectivity index (χ1n) is 15.3. The molecule has 0 aliphatic heterocycles. The van der Waals surface area contributed by atoms with Gasteiger partial charge in [-0.25, -0.2) is 33.0 Å². The molecule has 50 heavy (non-hydrogen) atoms. The molecule has 1 N–H and O–H groups in total. The summed E-state index contributed by atoms with van der Waals surface area (Å²) in [5.74, 6) is -3.49. The summed E-state index contributed by atoms with van der Waals surface area (Å²) in [6.45, 7) is 1.47. The topological polar surface area (TPSA) is 153 Å². The van der Waals surface area contributed by atoms with E-state index in [0.29, 0.717) is 35.4 Å². The van der Waals surface area contributed by atoms with Gasteiger partial charge in [0, 0.05) is 35.7 Å². The third-order valence-corrected chi connectivity index (χ3v) is 8.91. The number of halogens is 2. The fraction of sp³-hybridized carbons (Fsp3) is 0.257. The Kier molecular flexibility index (Phi) is 11.6. The van der Waals surface area contributed by atoms with Gasteiger partial charge in [0.15, 0.2) is 5.60 Å². The van der Waals surface area contributed by atoms with E-state index in [4.69, 9.17) is 29.6 Å². The zero-order valence-corrected chi connectivity index (χ0v) is 27.8. The van der Waals surface area contributed by atoms with Gasteiger partial charge in [-0.2, -0.15) is 10.4 Å². The molecule has 0 bridgehead atoms. The Morgan fingerprint density at radius 1 is 1.12 bits per heavy atom. The highest BCUT2D eigenvalue weighted by molar-refractivity contribution is 7.10. The van der Waals surface area contributed by atoms with Crippen LogP contribution < -0.4 is 0 Å². The maximum absolute atomic E-state index is 15.7. The van der Waals surface area contributed by atoms with Crippen LogP contribution in [0.4, 0.5) is 13.6 Å². The second-order valence-corrected chi connectivity index (χ2v) is 12.2. The van der Waals surface area contributed by atoms with Crippen LogP contribution in [0.3, 0.4) is 0 Å². The van der Waals surface area contributed by atoms with Crippen LogP contribution in [-0.4, -0.2) is 68.9 Å². The summed E-state index contributed by atoms with van der Waals surface area (Å²) in [4.78, 5) is 36.7. The summed E-state index contributed by atoms with van der Waals surface area (Å²) >= 11 is 1.22. The van der Waals surface area contributed by atoms with E-state index in [2.05, 4.69) is 16.2 Å². The minimum Gasteiger partial charge on any atom is -0.424 e. The SMILES string of the molecule is C[C@@H](c1nc(-c2ccc(C#N)cc2)cs1)[C@@](Cn1cncn1)(OC(=O)OCOC(=O)c1cccc(CN(C)CCO)c1)c1ccc(F)cc1F. The molecule has 2 heterocycles. The minimum absolute atomic E-state index is 0.0121. The average molecular weight is 703 g/mol. The van der Waals surface area contributed by atoms with E-state index in [9.17, 15) is 14.0 Å². The monoisotopic (exact) mass is 702 g/mol. The number of nitrogens with zero attached hydrogens (tertiary/aromatic N) is 6. The van der Waals surface area contributed by atoms with E-state index in [1.165, 1.54) is 34.7 Å². The number of rotatable bonds is 14. The molecule has 0 spiro atoms. The molecule has 2 aromatic heterocycles. The van der Waals surface area contributed by atoms with E-state index in [1.807, 2.05) is 18.0 Å². The minimum atomic E-state index is -1.93. The van der Waals surface area contributed by atoms with Crippen molar-refractivity contribution in [1.29, 1.82) is 5.26 Å². The second kappa shape index (κ2) is 16.2. The number of carbonyl (C=O) groups excluding carboxylic acids is 2. The normalized spacial score (nSPS) is 12.9. The van der Waals surface area contributed by atoms with Gasteiger partial charge in [-0.05, 0) is 49.0 Å². The van der Waals surface area contributed by atoms with Crippen LogP contribution in [0.2, 0.25) is 0 Å². The Bertz CT molecular complexity index is 1970. The van der Waals surface area contributed by atoms with Gasteiger partial charge < -0.3 is 19.3 Å². The molecule has 15 heteroatoms. The first-order valence-corrected chi connectivity index (χ1v) is 16.1. The zero-order chi connectivity index (χ0) is 35.7. The van der Waals surface area contributed by atoms with Crippen molar-refractivity contribution >= 4 is 23.5 Å². The zero-order valence-electron chi connectivity index (χ0n) is 27.0. The largest absolute Gasteiger partial charge is 0.512 e. The van der Waals surface area contributed by atoms with E-state index in [-0.39, 0.29) is 24.3 Å². The number of benzene rings is 3. The van der Waals surface area contributed by atoms with Crippen molar-refractivity contribution in [2.45, 2.75) is 31.5 Å². The third kappa shape index (κ3) is 8.53. The highest BCUT2D eigenvalue weighted by Crippen LogP contribution is 2.45. The van der Waals surface area contributed by atoms with Gasteiger partial charge in [0.2, 0.25) is 6.79 Å². The number of carbonyl (C=O) groups is 2. The number of hydrogen-bond donors (Lipinski definition) is 1. The molecule has 12 nitrogen and oxygen atoms in total. The molecule has 0 aliphatic carbocycles. The molecule has 0 saturated heterocycles. The van der Waals surface area contributed by atoms with Crippen LogP contribution in [-0.2, 0) is 32.9 Å². The predicted molar refractivity (Wildman–Crippen MR) is 176 cm³/mol. The van der Waals surface area contributed by atoms with Crippen LogP contribution in [0.5, 0.6) is 0 Å². The first kappa shape index (κ1) is 35.7. The molecule has 0 amide bonds. The molecule has 0 fully saturated rings. The molecular weight excluding hydrogens is 670 g/mol. The lowest BCUT2D eigenvalue weighted by atomic mass is 9.81. The number of likely N-dealkylation sites (N-methyl/N-ethyl adjacent to an activating group) is 1. The van der Waals surface area contributed by atoms with Crippen molar-refractivity contribution in [3.05, 3.63) is 124 Å². The number of esters is 1. The molecule has 3 aromatic carbocycles. The number of aromatic nitrogens is 4. The van der Waals surface area contributed by atoms with Crippen molar-refractivity contribution in [2.75, 3.05) is 27.0 Å². The van der Waals surface area contributed by atoms with Gasteiger partial charge in [0.25, 0.3) is 0 Å². The fourth-order valence-electron chi connectivity index (χ4n) is 5.30. The summed E-state index contributed by atoms with van der Waals surface area (Å²) in [5.41, 5.74) is 0.655. The lowest BCUT2D eigenvalue weighted by Gasteiger charge is -2.37. The van der Waals surface area contributed by atoms with Crippen molar-refractivity contribution in [2.24, 2.45) is 0 Å². The number of aliphatic hydroxyl groups is 1. The lowest BCUT2D eigenvalue weighted by Crippen LogP contribution is -2.43. The Hall–Kier alpha value is -5.56. The summed E-state index contributed by atoms with van der Waals surface area (Å²) < 4.78 is 47.5. The van der Waals surface area contributed by atoms with Crippen LogP contribution >= 0.6 is 11.3 Å². The molecule has 2 atom stereocenters. The van der Waals surface area contributed by atoms with Crippen molar-refractivity contribution in [1.82, 2.24) is 24.6 Å². The highest BCUT2D eigenvalue weighted by Gasteiger charge is 2.47. The summed E-state index contributed by atoms with van der Waals surface area (Å²) in [7, 11) is 1.82. The van der Waals surface area contributed by atoms with Crippen LogP contribution in [0.15, 0.2) is 84.8 Å². The van der Waals surface area contributed by atoms with Crippen molar-refractivity contribution < 1.29 is 37.7 Å². The van der Waals surface area contributed by atoms with Crippen LogP contribution in [0, 0.1) is 23.0 Å². The summed E-state index contributed by atoms with van der Waals surface area (Å²) in [6, 6.07) is 18.4. The van der Waals surface area contributed by atoms with Gasteiger partial charge >= 0.3 is 12.1 Å². The molecular formula is C35H32F2N6O6S. The Morgan fingerprint density at radius 3 is 2.62 bits per heavy atom. The fourth-order valence-corrected chi connectivity index (χ4v) is 6.27. The maximum atomic E-state index is 15.7. The van der Waals surface area contributed by atoms with E-state index < -0.39 is 42.1 Å². The quantitative estimate of drug-likeness (QED) is 0.113. The molecule has 0 aliphatic rings. The van der Waals surface area contributed by atoms with Crippen LogP contribution in [0.25, 0.3) is 11.3 Å². The maximum Gasteiger partial charge on any atom is 0.512 e. The predicted octanol–water partition coefficient (Wildman–Crippen LogP) is 5.64. The van der Waals surface area contributed by atoms with E-state index in [0.717, 1.165) is 17.2 Å². The number of nitriles is 1. The molecule has 5 rings (SSSR count). The lowest BCUT2D eigenvalue weighted by molar-refractivity contribution is -0.0881. The number of aliphatic hydroxyl groups excluding tert-OH is 1. The highest BCUT2D eigenvalue weighted by atomic mass is 32.1. The second-order valence-electron chi connectivity index (χ2n) is 11.3. The smallest absolute Gasteiger partial charge is 0.424 e. The Morgan fingerprint density at radius 2 is 1.92 bits per heavy atom. The van der Waals surface area contributed by atoms with Gasteiger partial charge in [-0.1, -0.05) is 31.2 Å². The molecule has 0 unspecified atom stereocenters. The van der Waals surface area contributed by atoms with Gasteiger partial charge in [0.05, 0.1) is 42.0 Å². The van der Waals surface area contributed by atoms with E-state index >= 15 is 4.39 Å². The molecule has 0 radical (unpaired) electrons. The third-order valence-electron chi connectivity index (χ3n) is 7.88. The van der Waals surface area contributed by atoms with Gasteiger partial charge in [-0.3, -0.25) is 4.90 Å². The van der Waals surface area contributed by atoms with Crippen LogP contribution in [0.1, 0.15) is 44.9 Å².